The van der Waals surface area contributed by atoms with E-state index in [0.717, 1.165) is 24.3 Å². The third-order valence-electron chi connectivity index (χ3n) is 4.41. The molecule has 0 saturated carbocycles. The Bertz CT molecular complexity index is 681. The summed E-state index contributed by atoms with van der Waals surface area (Å²) in [5.41, 5.74) is -0.622. The second kappa shape index (κ2) is 8.88. The van der Waals surface area contributed by atoms with Gasteiger partial charge in [-0.2, -0.15) is 13.2 Å². The summed E-state index contributed by atoms with van der Waals surface area (Å²) in [5, 5.41) is 5.15. The van der Waals surface area contributed by atoms with Crippen LogP contribution in [-0.4, -0.2) is 48.8 Å². The number of hydrogen-bond donors (Lipinski definition) is 2. The zero-order valence-electron chi connectivity index (χ0n) is 14.9. The van der Waals surface area contributed by atoms with Gasteiger partial charge in [0.05, 0.1) is 12.1 Å². The van der Waals surface area contributed by atoms with Gasteiger partial charge in [-0.1, -0.05) is 0 Å². The number of nitrogens with one attached hydrogen (secondary N) is 2. The van der Waals surface area contributed by atoms with E-state index in [4.69, 9.17) is 0 Å². The number of carbonyl (C=O) groups excluding carboxylic acids is 3. The summed E-state index contributed by atoms with van der Waals surface area (Å²) < 4.78 is 37.8. The molecule has 0 radical (unpaired) electrons. The van der Waals surface area contributed by atoms with Crippen molar-refractivity contribution in [3.05, 3.63) is 35.4 Å². The van der Waals surface area contributed by atoms with Crippen LogP contribution in [0.5, 0.6) is 0 Å². The molecule has 0 aliphatic carbocycles. The van der Waals surface area contributed by atoms with Crippen LogP contribution < -0.4 is 10.6 Å². The van der Waals surface area contributed by atoms with Crippen molar-refractivity contribution in [3.63, 3.8) is 0 Å². The number of likely N-dealkylation sites (N-methyl/N-ethyl adjacent to an activating group) is 1. The minimum Gasteiger partial charge on any atom is -0.355 e. The van der Waals surface area contributed by atoms with Crippen molar-refractivity contribution in [3.8, 4) is 0 Å². The summed E-state index contributed by atoms with van der Waals surface area (Å²) in [6, 6.07) is 4.09. The maximum absolute atomic E-state index is 12.6. The van der Waals surface area contributed by atoms with E-state index in [-0.39, 0.29) is 35.7 Å². The Morgan fingerprint density at radius 3 is 2.19 bits per heavy atom. The first-order valence-electron chi connectivity index (χ1n) is 8.73. The third-order valence-corrected chi connectivity index (χ3v) is 4.41. The van der Waals surface area contributed by atoms with Gasteiger partial charge < -0.3 is 15.5 Å². The van der Waals surface area contributed by atoms with Crippen LogP contribution in [0.1, 0.15) is 35.7 Å². The molecule has 1 fully saturated rings. The van der Waals surface area contributed by atoms with Crippen molar-refractivity contribution in [1.29, 1.82) is 0 Å². The monoisotopic (exact) mass is 385 g/mol. The van der Waals surface area contributed by atoms with Crippen LogP contribution in [0.3, 0.4) is 0 Å². The Kier molecular flexibility index (Phi) is 6.81. The van der Waals surface area contributed by atoms with Gasteiger partial charge in [-0.15, -0.1) is 0 Å². The summed E-state index contributed by atoms with van der Waals surface area (Å²) >= 11 is 0. The standard InChI is InChI=1S/C18H22F3N3O3/c1-2-22-15(25)11-23-16(26)12-7-9-24(10-8-12)17(27)13-3-5-14(6-4-13)18(19,20)21/h3-6,12H,2,7-11H2,1H3,(H,22,25)(H,23,26). The molecule has 27 heavy (non-hydrogen) atoms. The van der Waals surface area contributed by atoms with E-state index in [1.807, 2.05) is 0 Å². The lowest BCUT2D eigenvalue weighted by Crippen LogP contribution is -2.45. The molecule has 1 saturated heterocycles. The highest BCUT2D eigenvalue weighted by molar-refractivity contribution is 5.94. The molecule has 2 rings (SSSR count). The van der Waals surface area contributed by atoms with Gasteiger partial charge in [0.1, 0.15) is 0 Å². The van der Waals surface area contributed by atoms with Crippen molar-refractivity contribution in [2.45, 2.75) is 25.9 Å². The van der Waals surface area contributed by atoms with Gasteiger partial charge in [0.25, 0.3) is 5.91 Å². The average Bonchev–Trinajstić information content (AvgIpc) is 2.65. The summed E-state index contributed by atoms with van der Waals surface area (Å²) in [7, 11) is 0. The van der Waals surface area contributed by atoms with Crippen molar-refractivity contribution >= 4 is 17.7 Å². The first-order chi connectivity index (χ1) is 12.7. The Morgan fingerprint density at radius 2 is 1.67 bits per heavy atom. The lowest BCUT2D eigenvalue weighted by Gasteiger charge is -2.31. The second-order valence-electron chi connectivity index (χ2n) is 6.31. The number of carbonyl (C=O) groups is 3. The zero-order valence-corrected chi connectivity index (χ0v) is 14.9. The minimum atomic E-state index is -4.44. The van der Waals surface area contributed by atoms with Gasteiger partial charge in [0.2, 0.25) is 11.8 Å². The fourth-order valence-electron chi connectivity index (χ4n) is 2.90. The molecule has 2 N–H and O–H groups in total. The fraction of sp³-hybridized carbons (Fsp3) is 0.500. The van der Waals surface area contributed by atoms with Crippen LogP contribution in [0.15, 0.2) is 24.3 Å². The number of amides is 3. The maximum atomic E-state index is 12.6. The van der Waals surface area contributed by atoms with Crippen LogP contribution in [-0.2, 0) is 15.8 Å². The smallest absolute Gasteiger partial charge is 0.355 e. The molecule has 0 unspecified atom stereocenters. The first-order valence-corrected chi connectivity index (χ1v) is 8.73. The summed E-state index contributed by atoms with van der Waals surface area (Å²) in [5.74, 6) is -1.15. The van der Waals surface area contributed by atoms with Gasteiger partial charge in [-0.25, -0.2) is 0 Å². The number of halogens is 3. The predicted octanol–water partition coefficient (Wildman–Crippen LogP) is 1.81. The highest BCUT2D eigenvalue weighted by atomic mass is 19.4. The minimum absolute atomic E-state index is 0.0859. The number of benzene rings is 1. The Balaban J connectivity index is 1.85. The molecule has 1 aromatic rings. The van der Waals surface area contributed by atoms with E-state index >= 15 is 0 Å². The molecular formula is C18H22F3N3O3. The van der Waals surface area contributed by atoms with Gasteiger partial charge >= 0.3 is 6.18 Å². The van der Waals surface area contributed by atoms with E-state index in [1.165, 1.54) is 4.90 Å². The Labute approximate surface area is 155 Å². The molecular weight excluding hydrogens is 363 g/mol. The van der Waals surface area contributed by atoms with Gasteiger partial charge in [0.15, 0.2) is 0 Å². The molecule has 148 valence electrons. The lowest BCUT2D eigenvalue weighted by molar-refractivity contribution is -0.137. The zero-order chi connectivity index (χ0) is 20.0. The highest BCUT2D eigenvalue weighted by Crippen LogP contribution is 2.29. The quantitative estimate of drug-likeness (QED) is 0.812. The molecule has 9 heteroatoms. The fourth-order valence-corrected chi connectivity index (χ4v) is 2.90. The predicted molar refractivity (Wildman–Crippen MR) is 91.8 cm³/mol. The first kappa shape index (κ1) is 20.7. The van der Waals surface area contributed by atoms with E-state index in [9.17, 15) is 27.6 Å². The van der Waals surface area contributed by atoms with Crippen LogP contribution in [0, 0.1) is 5.92 Å². The van der Waals surface area contributed by atoms with E-state index in [0.29, 0.717) is 32.5 Å². The van der Waals surface area contributed by atoms with E-state index in [2.05, 4.69) is 10.6 Å². The Hall–Kier alpha value is -2.58. The van der Waals surface area contributed by atoms with E-state index in [1.54, 1.807) is 6.92 Å². The van der Waals surface area contributed by atoms with Crippen molar-refractivity contribution < 1.29 is 27.6 Å². The summed E-state index contributed by atoms with van der Waals surface area (Å²) in [6.45, 7) is 2.85. The molecule has 1 aliphatic rings. The highest BCUT2D eigenvalue weighted by Gasteiger charge is 2.31. The molecule has 0 bridgehead atoms. The number of hydrogen-bond acceptors (Lipinski definition) is 3. The molecule has 0 spiro atoms. The lowest BCUT2D eigenvalue weighted by atomic mass is 9.95. The van der Waals surface area contributed by atoms with E-state index < -0.39 is 11.7 Å². The SMILES string of the molecule is CCNC(=O)CNC(=O)C1CCN(C(=O)c2ccc(C(F)(F)F)cc2)CC1. The average molecular weight is 385 g/mol. The molecule has 6 nitrogen and oxygen atoms in total. The molecule has 3 amide bonds. The normalized spacial score (nSPS) is 15.3. The van der Waals surface area contributed by atoms with Crippen LogP contribution in [0.4, 0.5) is 13.2 Å². The number of piperidine rings is 1. The molecule has 0 aromatic heterocycles. The number of nitrogens with zero attached hydrogens (tertiary/aromatic N) is 1. The number of rotatable bonds is 5. The molecule has 1 heterocycles. The van der Waals surface area contributed by atoms with Crippen molar-refractivity contribution in [2.75, 3.05) is 26.2 Å². The Morgan fingerprint density at radius 1 is 1.07 bits per heavy atom. The van der Waals surface area contributed by atoms with Gasteiger partial charge in [-0.05, 0) is 44.0 Å². The number of alkyl halides is 3. The van der Waals surface area contributed by atoms with Crippen molar-refractivity contribution in [2.24, 2.45) is 5.92 Å². The van der Waals surface area contributed by atoms with Crippen LogP contribution in [0.2, 0.25) is 0 Å². The van der Waals surface area contributed by atoms with Crippen molar-refractivity contribution in [1.82, 2.24) is 15.5 Å². The molecule has 1 aliphatic heterocycles. The van der Waals surface area contributed by atoms with Crippen LogP contribution in [0.25, 0.3) is 0 Å². The third kappa shape index (κ3) is 5.70. The van der Waals surface area contributed by atoms with Gasteiger partial charge in [0, 0.05) is 31.1 Å². The largest absolute Gasteiger partial charge is 0.416 e. The summed E-state index contributed by atoms with van der Waals surface area (Å²) in [6.07, 6.45) is -3.57. The maximum Gasteiger partial charge on any atom is 0.416 e. The molecule has 1 aromatic carbocycles. The summed E-state index contributed by atoms with van der Waals surface area (Å²) in [4.78, 5) is 37.4. The van der Waals surface area contributed by atoms with Gasteiger partial charge in [-0.3, -0.25) is 14.4 Å². The topological polar surface area (TPSA) is 78.5 Å². The number of likely N-dealkylation sites (tertiary alicyclic amines) is 1. The second-order valence-corrected chi connectivity index (χ2v) is 6.31. The van der Waals surface area contributed by atoms with Crippen LogP contribution >= 0.6 is 0 Å². The molecule has 0 atom stereocenters.